The van der Waals surface area contributed by atoms with E-state index in [4.69, 9.17) is 4.74 Å². The Kier molecular flexibility index (Phi) is 9.60. The summed E-state index contributed by atoms with van der Waals surface area (Å²) < 4.78 is 46.3. The second-order valence-corrected chi connectivity index (χ2v) is 11.0. The van der Waals surface area contributed by atoms with Crippen LogP contribution in [0.5, 0.6) is 5.75 Å². The van der Waals surface area contributed by atoms with Gasteiger partial charge in [0.2, 0.25) is 0 Å². The lowest BCUT2D eigenvalue weighted by atomic mass is 9.71. The van der Waals surface area contributed by atoms with Gasteiger partial charge in [0.15, 0.2) is 11.6 Å². The topological polar surface area (TPSA) is 98.2 Å². The highest BCUT2D eigenvalue weighted by molar-refractivity contribution is 5.88. The Hall–Kier alpha value is -3.57. The molecular formula is C30H37F3N4O4. The molecule has 11 heteroatoms. The summed E-state index contributed by atoms with van der Waals surface area (Å²) >= 11 is 0. The summed E-state index contributed by atoms with van der Waals surface area (Å²) in [5, 5.41) is 24.7. The number of nitrogens with zero attached hydrogens (tertiary/aromatic N) is 3. The number of aliphatic hydroxyl groups excluding tert-OH is 1. The number of carbonyl (C=O) groups is 1. The molecule has 3 N–H and O–H groups in total. The number of hydrogen-bond acceptors (Lipinski definition) is 7. The van der Waals surface area contributed by atoms with Crippen molar-refractivity contribution in [3.05, 3.63) is 59.5 Å². The van der Waals surface area contributed by atoms with Gasteiger partial charge < -0.3 is 30.1 Å². The number of ether oxygens (including phenoxy) is 1. The summed E-state index contributed by atoms with van der Waals surface area (Å²) in [6, 6.07) is 6.94. The zero-order chi connectivity index (χ0) is 29.7. The number of halogens is 3. The average molecular weight is 575 g/mol. The van der Waals surface area contributed by atoms with Crippen molar-refractivity contribution in [1.82, 2.24) is 9.88 Å². The predicted molar refractivity (Wildman–Crippen MR) is 152 cm³/mol. The molecule has 1 saturated heterocycles. The summed E-state index contributed by atoms with van der Waals surface area (Å²) in [7, 11) is 5.35. The Labute approximate surface area is 237 Å². The summed E-state index contributed by atoms with van der Waals surface area (Å²) in [5.41, 5.74) is 1.52. The van der Waals surface area contributed by atoms with E-state index in [9.17, 15) is 28.2 Å². The van der Waals surface area contributed by atoms with Crippen LogP contribution in [0.15, 0.2) is 36.5 Å². The highest BCUT2D eigenvalue weighted by Gasteiger charge is 2.37. The van der Waals surface area contributed by atoms with Gasteiger partial charge in [0.1, 0.15) is 11.6 Å². The number of carboxylic acid groups (broad SMARTS) is 1. The summed E-state index contributed by atoms with van der Waals surface area (Å²) in [6.45, 7) is 2.00. The third-order valence-corrected chi connectivity index (χ3v) is 8.04. The van der Waals surface area contributed by atoms with Crippen LogP contribution in [0.25, 0.3) is 10.9 Å². The SMILES string of the molecule is COc1ccc2ncc(N(C)C)c([C@@H](O)CCC3(CC(=O)O)CCN(CCNc4cc(F)cc(F)c4F)CC3)c2c1. The fraction of sp³-hybridized carbons (Fsp3) is 0.467. The quantitative estimate of drug-likeness (QED) is 0.254. The number of aliphatic carboxylic acids is 1. The van der Waals surface area contributed by atoms with Gasteiger partial charge in [-0.3, -0.25) is 9.78 Å². The van der Waals surface area contributed by atoms with E-state index >= 15 is 0 Å². The molecule has 0 unspecified atom stereocenters. The number of benzene rings is 2. The smallest absolute Gasteiger partial charge is 0.303 e. The molecule has 1 aromatic heterocycles. The molecular weight excluding hydrogens is 537 g/mol. The van der Waals surface area contributed by atoms with E-state index in [1.54, 1.807) is 13.3 Å². The predicted octanol–water partition coefficient (Wildman–Crippen LogP) is 5.21. The molecule has 2 aromatic carbocycles. The lowest BCUT2D eigenvalue weighted by Crippen LogP contribution is -2.43. The van der Waals surface area contributed by atoms with Gasteiger partial charge in [-0.15, -0.1) is 0 Å². The number of aromatic nitrogens is 1. The van der Waals surface area contributed by atoms with Crippen LogP contribution in [0.1, 0.15) is 43.8 Å². The van der Waals surface area contributed by atoms with Crippen molar-refractivity contribution in [2.45, 2.75) is 38.2 Å². The average Bonchev–Trinajstić information content (AvgIpc) is 2.94. The Morgan fingerprint density at radius 2 is 1.93 bits per heavy atom. The third kappa shape index (κ3) is 7.20. The van der Waals surface area contributed by atoms with E-state index in [-0.39, 0.29) is 18.7 Å². The molecule has 1 fully saturated rings. The van der Waals surface area contributed by atoms with Crippen molar-refractivity contribution in [2.24, 2.45) is 5.41 Å². The number of rotatable bonds is 12. The fourth-order valence-electron chi connectivity index (χ4n) is 5.72. The van der Waals surface area contributed by atoms with Crippen molar-refractivity contribution in [3.8, 4) is 5.75 Å². The van der Waals surface area contributed by atoms with Crippen LogP contribution in [0.4, 0.5) is 24.5 Å². The Morgan fingerprint density at radius 1 is 1.20 bits per heavy atom. The molecule has 0 aliphatic carbocycles. The number of carboxylic acids is 1. The second kappa shape index (κ2) is 12.9. The van der Waals surface area contributed by atoms with E-state index in [0.717, 1.165) is 28.2 Å². The van der Waals surface area contributed by atoms with Crippen molar-refractivity contribution in [2.75, 3.05) is 57.6 Å². The summed E-state index contributed by atoms with van der Waals surface area (Å²) in [6.07, 6.45) is 2.99. The number of nitrogens with one attached hydrogen (secondary N) is 1. The number of piperidine rings is 1. The van der Waals surface area contributed by atoms with Gasteiger partial charge in [-0.2, -0.15) is 0 Å². The van der Waals surface area contributed by atoms with Gasteiger partial charge in [0.05, 0.1) is 42.7 Å². The van der Waals surface area contributed by atoms with Crippen molar-refractivity contribution >= 4 is 28.2 Å². The van der Waals surface area contributed by atoms with E-state index in [2.05, 4.69) is 15.2 Å². The van der Waals surface area contributed by atoms with Gasteiger partial charge in [0.25, 0.3) is 0 Å². The first kappa shape index (κ1) is 30.4. The minimum Gasteiger partial charge on any atom is -0.497 e. The van der Waals surface area contributed by atoms with Gasteiger partial charge in [-0.05, 0) is 62.4 Å². The number of anilines is 2. The zero-order valence-electron chi connectivity index (χ0n) is 23.6. The van der Waals surface area contributed by atoms with Gasteiger partial charge >= 0.3 is 5.97 Å². The lowest BCUT2D eigenvalue weighted by Gasteiger charge is -2.41. The molecule has 3 aromatic rings. The summed E-state index contributed by atoms with van der Waals surface area (Å²) in [5.74, 6) is -3.46. The number of likely N-dealkylation sites (tertiary alicyclic amines) is 1. The lowest BCUT2D eigenvalue weighted by molar-refractivity contribution is -0.141. The van der Waals surface area contributed by atoms with E-state index in [1.165, 1.54) is 0 Å². The van der Waals surface area contributed by atoms with E-state index in [0.29, 0.717) is 57.1 Å². The molecule has 0 saturated carbocycles. The monoisotopic (exact) mass is 574 g/mol. The van der Waals surface area contributed by atoms with Gasteiger partial charge in [-0.25, -0.2) is 13.2 Å². The minimum absolute atomic E-state index is 0.00889. The fourth-order valence-corrected chi connectivity index (χ4v) is 5.72. The Bertz CT molecular complexity index is 1380. The molecule has 1 aliphatic rings. The normalized spacial score (nSPS) is 16.0. The standard InChI is InChI=1S/C30H37F3N4O4/c1-36(2)25-18-35-23-5-4-20(41-3)16-21(23)28(25)26(38)6-7-30(17-27(39)40)8-11-37(12-9-30)13-10-34-24-15-19(31)14-22(32)29(24)33/h4-5,14-16,18,26,34,38H,6-13,17H2,1-3H3,(H,39,40)/t26-/m0/s1. The first-order valence-electron chi connectivity index (χ1n) is 13.7. The van der Waals surface area contributed by atoms with Gasteiger partial charge in [-0.1, -0.05) is 0 Å². The Morgan fingerprint density at radius 3 is 2.59 bits per heavy atom. The van der Waals surface area contributed by atoms with Crippen molar-refractivity contribution in [1.29, 1.82) is 0 Å². The Balaban J connectivity index is 1.43. The largest absolute Gasteiger partial charge is 0.497 e. The molecule has 222 valence electrons. The molecule has 0 bridgehead atoms. The van der Waals surface area contributed by atoms with Crippen LogP contribution in [0, 0.1) is 22.9 Å². The first-order chi connectivity index (χ1) is 19.5. The maximum absolute atomic E-state index is 13.9. The first-order valence-corrected chi connectivity index (χ1v) is 13.7. The molecule has 0 radical (unpaired) electrons. The number of methoxy groups -OCH3 is 1. The van der Waals surface area contributed by atoms with E-state index in [1.807, 2.05) is 37.2 Å². The molecule has 0 amide bonds. The van der Waals surface area contributed by atoms with Crippen molar-refractivity contribution in [3.63, 3.8) is 0 Å². The molecule has 4 rings (SSSR count). The molecule has 0 spiro atoms. The molecule has 1 atom stereocenters. The molecule has 41 heavy (non-hydrogen) atoms. The van der Waals surface area contributed by atoms with Crippen LogP contribution >= 0.6 is 0 Å². The van der Waals surface area contributed by atoms with Gasteiger partial charge in [0, 0.05) is 50.3 Å². The molecule has 8 nitrogen and oxygen atoms in total. The van der Waals surface area contributed by atoms with Crippen LogP contribution in [0.3, 0.4) is 0 Å². The van der Waals surface area contributed by atoms with Crippen LogP contribution in [0.2, 0.25) is 0 Å². The second-order valence-electron chi connectivity index (χ2n) is 11.0. The van der Waals surface area contributed by atoms with Crippen LogP contribution in [-0.2, 0) is 4.79 Å². The number of aliphatic hydroxyl groups is 1. The number of hydrogen-bond donors (Lipinski definition) is 3. The van der Waals surface area contributed by atoms with E-state index < -0.39 is 34.9 Å². The maximum Gasteiger partial charge on any atom is 0.303 e. The van der Waals surface area contributed by atoms with Crippen molar-refractivity contribution < 1.29 is 32.9 Å². The molecule has 1 aliphatic heterocycles. The molecule has 2 heterocycles. The highest BCUT2D eigenvalue weighted by atomic mass is 19.2. The summed E-state index contributed by atoms with van der Waals surface area (Å²) in [4.78, 5) is 20.4. The zero-order valence-corrected chi connectivity index (χ0v) is 23.6. The maximum atomic E-state index is 13.9. The number of pyridine rings is 1. The van der Waals surface area contributed by atoms with Crippen LogP contribution in [-0.4, -0.2) is 73.5 Å². The highest BCUT2D eigenvalue weighted by Crippen LogP contribution is 2.43. The minimum atomic E-state index is -1.25. The number of fused-ring (bicyclic) bond motifs is 1. The third-order valence-electron chi connectivity index (χ3n) is 8.04. The van der Waals surface area contributed by atoms with Crippen LogP contribution < -0.4 is 15.0 Å².